The lowest BCUT2D eigenvalue weighted by molar-refractivity contribution is 0.365. The first-order valence-electron chi connectivity index (χ1n) is 5.37. The molecular formula is C12H22. The lowest BCUT2D eigenvalue weighted by Gasteiger charge is -2.21. The van der Waals surface area contributed by atoms with Crippen molar-refractivity contribution < 1.29 is 0 Å². The van der Waals surface area contributed by atoms with Gasteiger partial charge in [0.05, 0.1) is 0 Å². The van der Waals surface area contributed by atoms with Gasteiger partial charge in [-0.25, -0.2) is 0 Å². The van der Waals surface area contributed by atoms with Crippen molar-refractivity contribution in [3.05, 3.63) is 12.2 Å². The molecule has 0 spiro atoms. The van der Waals surface area contributed by atoms with E-state index in [9.17, 15) is 0 Å². The van der Waals surface area contributed by atoms with Gasteiger partial charge in [-0.2, -0.15) is 0 Å². The second kappa shape index (κ2) is 4.69. The fourth-order valence-electron chi connectivity index (χ4n) is 1.92. The molecule has 2 unspecified atom stereocenters. The van der Waals surface area contributed by atoms with Crippen molar-refractivity contribution in [1.29, 1.82) is 0 Å². The second-order valence-electron chi connectivity index (χ2n) is 4.60. The largest absolute Gasteiger partial charge is 0.0882 e. The standard InChI is InChI=1S/C12H22/c1-10(2)12-7-5-4-6-11(3)8-9-12/h5,7,10-12H,4,6,8-9H2,1-3H3/b7-5+. The van der Waals surface area contributed by atoms with Gasteiger partial charge in [-0.3, -0.25) is 0 Å². The van der Waals surface area contributed by atoms with Crippen molar-refractivity contribution in [2.75, 3.05) is 0 Å². The Morgan fingerprint density at radius 3 is 2.58 bits per heavy atom. The Labute approximate surface area is 77.1 Å². The normalized spacial score (nSPS) is 34.3. The van der Waals surface area contributed by atoms with Crippen LogP contribution >= 0.6 is 0 Å². The van der Waals surface area contributed by atoms with E-state index >= 15 is 0 Å². The smallest absolute Gasteiger partial charge is 0.0210 e. The molecule has 0 heteroatoms. The Balaban J connectivity index is 2.47. The van der Waals surface area contributed by atoms with Crippen LogP contribution in [0.5, 0.6) is 0 Å². The molecule has 0 aromatic carbocycles. The minimum absolute atomic E-state index is 0.826. The maximum absolute atomic E-state index is 2.44. The van der Waals surface area contributed by atoms with Crippen LogP contribution in [0.15, 0.2) is 12.2 Å². The Bertz CT molecular complexity index is 144. The SMILES string of the molecule is CC1CC/C=C/C(C(C)C)CC1. The van der Waals surface area contributed by atoms with Gasteiger partial charge in [0.15, 0.2) is 0 Å². The van der Waals surface area contributed by atoms with E-state index in [1.807, 2.05) is 0 Å². The fourth-order valence-corrected chi connectivity index (χ4v) is 1.92. The molecule has 0 saturated carbocycles. The molecule has 70 valence electrons. The highest BCUT2D eigenvalue weighted by atomic mass is 14.2. The van der Waals surface area contributed by atoms with Crippen molar-refractivity contribution in [3.63, 3.8) is 0 Å². The molecule has 0 heterocycles. The number of hydrogen-bond acceptors (Lipinski definition) is 0. The zero-order valence-corrected chi connectivity index (χ0v) is 8.72. The molecule has 1 aliphatic rings. The van der Waals surface area contributed by atoms with Crippen LogP contribution in [-0.4, -0.2) is 0 Å². The monoisotopic (exact) mass is 166 g/mol. The van der Waals surface area contributed by atoms with E-state index in [2.05, 4.69) is 32.9 Å². The van der Waals surface area contributed by atoms with E-state index in [-0.39, 0.29) is 0 Å². The summed E-state index contributed by atoms with van der Waals surface area (Å²) in [5.74, 6) is 2.61. The van der Waals surface area contributed by atoms with Gasteiger partial charge in [-0.15, -0.1) is 0 Å². The van der Waals surface area contributed by atoms with Crippen LogP contribution in [0.4, 0.5) is 0 Å². The van der Waals surface area contributed by atoms with E-state index in [1.165, 1.54) is 25.7 Å². The second-order valence-corrected chi connectivity index (χ2v) is 4.60. The maximum Gasteiger partial charge on any atom is -0.0210 e. The molecule has 0 aromatic heterocycles. The summed E-state index contributed by atoms with van der Waals surface area (Å²) in [5, 5.41) is 0. The molecule has 0 bridgehead atoms. The molecule has 0 N–H and O–H groups in total. The Hall–Kier alpha value is -0.260. The minimum atomic E-state index is 0.826. The molecule has 0 aromatic rings. The van der Waals surface area contributed by atoms with Gasteiger partial charge in [-0.1, -0.05) is 39.3 Å². The highest BCUT2D eigenvalue weighted by molar-refractivity contribution is 4.91. The van der Waals surface area contributed by atoms with Gasteiger partial charge < -0.3 is 0 Å². The molecule has 0 aliphatic heterocycles. The van der Waals surface area contributed by atoms with E-state index in [0.717, 1.165) is 17.8 Å². The number of hydrogen-bond donors (Lipinski definition) is 0. The van der Waals surface area contributed by atoms with Gasteiger partial charge >= 0.3 is 0 Å². The summed E-state index contributed by atoms with van der Waals surface area (Å²) >= 11 is 0. The van der Waals surface area contributed by atoms with E-state index < -0.39 is 0 Å². The molecule has 0 saturated heterocycles. The van der Waals surface area contributed by atoms with Crippen molar-refractivity contribution in [1.82, 2.24) is 0 Å². The summed E-state index contributed by atoms with van der Waals surface area (Å²) in [7, 11) is 0. The molecule has 0 fully saturated rings. The van der Waals surface area contributed by atoms with Crippen molar-refractivity contribution >= 4 is 0 Å². The summed E-state index contributed by atoms with van der Waals surface area (Å²) < 4.78 is 0. The highest BCUT2D eigenvalue weighted by Crippen LogP contribution is 2.25. The van der Waals surface area contributed by atoms with Crippen LogP contribution in [0.25, 0.3) is 0 Å². The van der Waals surface area contributed by atoms with Crippen LogP contribution in [0, 0.1) is 17.8 Å². The third kappa shape index (κ3) is 3.00. The molecule has 12 heavy (non-hydrogen) atoms. The van der Waals surface area contributed by atoms with E-state index in [0.29, 0.717) is 0 Å². The van der Waals surface area contributed by atoms with Crippen molar-refractivity contribution in [2.45, 2.75) is 46.5 Å². The quantitative estimate of drug-likeness (QED) is 0.516. The summed E-state index contributed by atoms with van der Waals surface area (Å²) in [6.45, 7) is 7.05. The summed E-state index contributed by atoms with van der Waals surface area (Å²) in [4.78, 5) is 0. The van der Waals surface area contributed by atoms with Gasteiger partial charge in [-0.05, 0) is 37.0 Å². The molecule has 1 rings (SSSR count). The van der Waals surface area contributed by atoms with Crippen LogP contribution in [0.1, 0.15) is 46.5 Å². The lowest BCUT2D eigenvalue weighted by atomic mass is 9.85. The molecule has 0 amide bonds. The fraction of sp³-hybridized carbons (Fsp3) is 0.833. The Morgan fingerprint density at radius 2 is 1.92 bits per heavy atom. The average Bonchev–Trinajstić information content (AvgIpc) is 1.97. The van der Waals surface area contributed by atoms with Gasteiger partial charge in [0.1, 0.15) is 0 Å². The molecule has 0 nitrogen and oxygen atoms in total. The average molecular weight is 166 g/mol. The first kappa shape index (κ1) is 9.83. The Morgan fingerprint density at radius 1 is 1.17 bits per heavy atom. The molecule has 2 atom stereocenters. The van der Waals surface area contributed by atoms with Gasteiger partial charge in [0, 0.05) is 0 Å². The van der Waals surface area contributed by atoms with Crippen LogP contribution < -0.4 is 0 Å². The summed E-state index contributed by atoms with van der Waals surface area (Å²) in [5.41, 5.74) is 0. The van der Waals surface area contributed by atoms with E-state index in [1.54, 1.807) is 0 Å². The number of allylic oxidation sites excluding steroid dienone is 2. The third-order valence-electron chi connectivity index (χ3n) is 3.06. The first-order chi connectivity index (χ1) is 5.70. The summed E-state index contributed by atoms with van der Waals surface area (Å²) in [6, 6.07) is 0. The van der Waals surface area contributed by atoms with Crippen molar-refractivity contribution in [3.8, 4) is 0 Å². The number of rotatable bonds is 1. The van der Waals surface area contributed by atoms with Crippen LogP contribution in [-0.2, 0) is 0 Å². The first-order valence-corrected chi connectivity index (χ1v) is 5.37. The van der Waals surface area contributed by atoms with Gasteiger partial charge in [0.25, 0.3) is 0 Å². The third-order valence-corrected chi connectivity index (χ3v) is 3.06. The van der Waals surface area contributed by atoms with Crippen molar-refractivity contribution in [2.24, 2.45) is 17.8 Å². The van der Waals surface area contributed by atoms with Gasteiger partial charge in [0.2, 0.25) is 0 Å². The minimum Gasteiger partial charge on any atom is -0.0882 e. The lowest BCUT2D eigenvalue weighted by Crippen LogP contribution is -2.09. The zero-order valence-electron chi connectivity index (χ0n) is 8.72. The maximum atomic E-state index is 2.44. The van der Waals surface area contributed by atoms with Crippen LogP contribution in [0.2, 0.25) is 0 Å². The molecule has 0 radical (unpaired) electrons. The molecular weight excluding hydrogens is 144 g/mol. The predicted molar refractivity (Wildman–Crippen MR) is 55.1 cm³/mol. The Kier molecular flexibility index (Phi) is 3.84. The summed E-state index contributed by atoms with van der Waals surface area (Å²) in [6.07, 6.45) is 10.3. The predicted octanol–water partition coefficient (Wildman–Crippen LogP) is 4.02. The molecule has 1 aliphatic carbocycles. The topological polar surface area (TPSA) is 0 Å². The zero-order chi connectivity index (χ0) is 8.97. The van der Waals surface area contributed by atoms with Crippen LogP contribution in [0.3, 0.4) is 0 Å². The highest BCUT2D eigenvalue weighted by Gasteiger charge is 2.13. The van der Waals surface area contributed by atoms with E-state index in [4.69, 9.17) is 0 Å².